The zero-order valence-electron chi connectivity index (χ0n) is 11.4. The lowest BCUT2D eigenvalue weighted by Gasteiger charge is -2.21. The summed E-state index contributed by atoms with van der Waals surface area (Å²) in [6.07, 6.45) is 4.51. The molecule has 0 radical (unpaired) electrons. The van der Waals surface area contributed by atoms with Crippen LogP contribution in [0.15, 0.2) is 12.1 Å². The number of imidazole rings is 1. The van der Waals surface area contributed by atoms with Crippen molar-refractivity contribution in [2.24, 2.45) is 5.92 Å². The van der Waals surface area contributed by atoms with Gasteiger partial charge in [-0.3, -0.25) is 0 Å². The van der Waals surface area contributed by atoms with E-state index < -0.39 is 0 Å². The van der Waals surface area contributed by atoms with Gasteiger partial charge in [-0.2, -0.15) is 0 Å². The van der Waals surface area contributed by atoms with Crippen LogP contribution in [0.2, 0.25) is 10.0 Å². The highest BCUT2D eigenvalue weighted by Crippen LogP contribution is 2.39. The summed E-state index contributed by atoms with van der Waals surface area (Å²) in [6.45, 7) is 2.31. The first-order valence-corrected chi connectivity index (χ1v) is 8.32. The predicted octanol–water partition coefficient (Wildman–Crippen LogP) is 5.49. The summed E-state index contributed by atoms with van der Waals surface area (Å²) in [5.41, 5.74) is 2.00. The van der Waals surface area contributed by atoms with E-state index in [1.165, 1.54) is 19.3 Å². The molecule has 0 saturated heterocycles. The molecule has 1 aromatic carbocycles. The second-order valence-corrected chi connectivity index (χ2v) is 6.76. The molecule has 2 atom stereocenters. The topological polar surface area (TPSA) is 17.8 Å². The molecule has 1 fully saturated rings. The summed E-state index contributed by atoms with van der Waals surface area (Å²) in [7, 11) is 0. The Hall–Kier alpha value is -0.440. The molecule has 2 aromatic rings. The van der Waals surface area contributed by atoms with Gasteiger partial charge in [0, 0.05) is 18.3 Å². The Labute approximate surface area is 134 Å². The minimum Gasteiger partial charge on any atom is -0.325 e. The maximum absolute atomic E-state index is 6.19. The van der Waals surface area contributed by atoms with Crippen molar-refractivity contribution < 1.29 is 0 Å². The number of rotatable bonds is 3. The summed E-state index contributed by atoms with van der Waals surface area (Å²) in [5, 5.41) is 1.14. The second kappa shape index (κ2) is 5.75. The van der Waals surface area contributed by atoms with Gasteiger partial charge in [-0.1, -0.05) is 36.5 Å². The SMILES string of the molecule is CC1CCCC1n1c(CCCl)nc2cc(Cl)c(Cl)cc21. The summed E-state index contributed by atoms with van der Waals surface area (Å²) < 4.78 is 2.34. The van der Waals surface area contributed by atoms with E-state index in [4.69, 9.17) is 39.8 Å². The maximum Gasteiger partial charge on any atom is 0.111 e. The van der Waals surface area contributed by atoms with Gasteiger partial charge in [-0.05, 0) is 30.9 Å². The van der Waals surface area contributed by atoms with Crippen LogP contribution in [-0.2, 0) is 6.42 Å². The molecular weight excluding hydrogens is 315 g/mol. The molecule has 20 heavy (non-hydrogen) atoms. The highest BCUT2D eigenvalue weighted by Gasteiger charge is 2.28. The fourth-order valence-electron chi connectivity index (χ4n) is 3.28. The number of nitrogens with zero attached hydrogens (tertiary/aromatic N) is 2. The van der Waals surface area contributed by atoms with Crippen LogP contribution in [0.4, 0.5) is 0 Å². The molecule has 1 heterocycles. The van der Waals surface area contributed by atoms with Crippen molar-refractivity contribution in [3.05, 3.63) is 28.0 Å². The lowest BCUT2D eigenvalue weighted by atomic mass is 10.1. The zero-order chi connectivity index (χ0) is 14.3. The lowest BCUT2D eigenvalue weighted by molar-refractivity contribution is 0.406. The molecule has 1 aliphatic carbocycles. The van der Waals surface area contributed by atoms with Crippen molar-refractivity contribution in [2.45, 2.75) is 38.6 Å². The average Bonchev–Trinajstić information content (AvgIpc) is 2.94. The third-order valence-electron chi connectivity index (χ3n) is 4.27. The van der Waals surface area contributed by atoms with E-state index in [2.05, 4.69) is 11.5 Å². The average molecular weight is 332 g/mol. The highest BCUT2D eigenvalue weighted by atomic mass is 35.5. The standard InChI is InChI=1S/C15H17Cl3N2/c1-9-3-2-4-13(9)20-14-8-11(18)10(17)7-12(14)19-15(20)5-6-16/h7-9,13H,2-6H2,1H3. The summed E-state index contributed by atoms with van der Waals surface area (Å²) in [6, 6.07) is 4.29. The van der Waals surface area contributed by atoms with Crippen molar-refractivity contribution in [3.8, 4) is 0 Å². The number of hydrogen-bond acceptors (Lipinski definition) is 1. The molecule has 108 valence electrons. The van der Waals surface area contributed by atoms with Crippen molar-refractivity contribution in [1.29, 1.82) is 0 Å². The largest absolute Gasteiger partial charge is 0.325 e. The van der Waals surface area contributed by atoms with Crippen LogP contribution < -0.4 is 0 Å². The second-order valence-electron chi connectivity index (χ2n) is 5.57. The number of aryl methyl sites for hydroxylation is 1. The summed E-state index contributed by atoms with van der Waals surface area (Å²) in [4.78, 5) is 4.72. The molecule has 5 heteroatoms. The maximum atomic E-state index is 6.19. The van der Waals surface area contributed by atoms with Crippen molar-refractivity contribution in [3.63, 3.8) is 0 Å². The van der Waals surface area contributed by atoms with Crippen LogP contribution in [-0.4, -0.2) is 15.4 Å². The van der Waals surface area contributed by atoms with Gasteiger partial charge >= 0.3 is 0 Å². The van der Waals surface area contributed by atoms with E-state index in [0.717, 1.165) is 23.3 Å². The van der Waals surface area contributed by atoms with Gasteiger partial charge in [0.2, 0.25) is 0 Å². The normalized spacial score (nSPS) is 22.8. The molecule has 0 amide bonds. The van der Waals surface area contributed by atoms with Crippen LogP contribution in [0.5, 0.6) is 0 Å². The van der Waals surface area contributed by atoms with Crippen molar-refractivity contribution in [2.75, 3.05) is 5.88 Å². The molecule has 0 bridgehead atoms. The Morgan fingerprint density at radius 1 is 1.25 bits per heavy atom. The van der Waals surface area contributed by atoms with Gasteiger partial charge in [-0.15, -0.1) is 11.6 Å². The minimum absolute atomic E-state index is 0.496. The first-order valence-electron chi connectivity index (χ1n) is 7.03. The fraction of sp³-hybridized carbons (Fsp3) is 0.533. The number of aromatic nitrogens is 2. The van der Waals surface area contributed by atoms with Gasteiger partial charge < -0.3 is 4.57 Å². The Bertz CT molecular complexity index is 636. The zero-order valence-corrected chi connectivity index (χ0v) is 13.6. The van der Waals surface area contributed by atoms with Crippen molar-refractivity contribution >= 4 is 45.8 Å². The predicted molar refractivity (Wildman–Crippen MR) is 86.2 cm³/mol. The van der Waals surface area contributed by atoms with Crippen molar-refractivity contribution in [1.82, 2.24) is 9.55 Å². The van der Waals surface area contributed by atoms with Gasteiger partial charge in [-0.25, -0.2) is 4.98 Å². The molecule has 0 aliphatic heterocycles. The third-order valence-corrected chi connectivity index (χ3v) is 5.18. The molecule has 1 aliphatic rings. The van der Waals surface area contributed by atoms with E-state index in [9.17, 15) is 0 Å². The lowest BCUT2D eigenvalue weighted by Crippen LogP contribution is -2.15. The van der Waals surface area contributed by atoms with Crippen LogP contribution >= 0.6 is 34.8 Å². The molecule has 1 aromatic heterocycles. The smallest absolute Gasteiger partial charge is 0.111 e. The Morgan fingerprint density at radius 2 is 2.00 bits per heavy atom. The first-order chi connectivity index (χ1) is 9.61. The Balaban J connectivity index is 2.20. The molecule has 2 unspecified atom stereocenters. The van der Waals surface area contributed by atoms with Gasteiger partial charge in [0.15, 0.2) is 0 Å². The van der Waals surface area contributed by atoms with Gasteiger partial charge in [0.05, 0.1) is 21.1 Å². The minimum atomic E-state index is 0.496. The van der Waals surface area contributed by atoms with E-state index in [1.54, 1.807) is 0 Å². The monoisotopic (exact) mass is 330 g/mol. The first kappa shape index (κ1) is 14.5. The molecule has 0 N–H and O–H groups in total. The molecule has 3 rings (SSSR count). The summed E-state index contributed by atoms with van der Waals surface area (Å²) >= 11 is 18.2. The Morgan fingerprint density at radius 3 is 2.65 bits per heavy atom. The molecular formula is C15H17Cl3N2. The Kier molecular flexibility index (Phi) is 4.16. The molecule has 0 spiro atoms. The van der Waals surface area contributed by atoms with Crippen LogP contribution in [0, 0.1) is 5.92 Å². The number of benzene rings is 1. The van der Waals surface area contributed by atoms with E-state index >= 15 is 0 Å². The van der Waals surface area contributed by atoms with Crippen LogP contribution in [0.1, 0.15) is 38.1 Å². The quantitative estimate of drug-likeness (QED) is 0.680. The van der Waals surface area contributed by atoms with E-state index in [0.29, 0.717) is 27.9 Å². The van der Waals surface area contributed by atoms with Crippen LogP contribution in [0.25, 0.3) is 11.0 Å². The number of hydrogen-bond donors (Lipinski definition) is 0. The summed E-state index contributed by atoms with van der Waals surface area (Å²) in [5.74, 6) is 2.29. The van der Waals surface area contributed by atoms with E-state index in [1.807, 2.05) is 12.1 Å². The molecule has 2 nitrogen and oxygen atoms in total. The number of alkyl halides is 1. The van der Waals surface area contributed by atoms with Crippen LogP contribution in [0.3, 0.4) is 0 Å². The van der Waals surface area contributed by atoms with Gasteiger partial charge in [0.25, 0.3) is 0 Å². The number of fused-ring (bicyclic) bond motifs is 1. The van der Waals surface area contributed by atoms with E-state index in [-0.39, 0.29) is 0 Å². The number of halogens is 3. The van der Waals surface area contributed by atoms with Gasteiger partial charge in [0.1, 0.15) is 5.82 Å². The third kappa shape index (κ3) is 2.43. The fourth-order valence-corrected chi connectivity index (χ4v) is 3.77. The highest BCUT2D eigenvalue weighted by molar-refractivity contribution is 6.42. The molecule has 1 saturated carbocycles.